The molecule has 1 aromatic rings. The number of phenolic OH excluding ortho intramolecular Hbond substituents is 1. The molecule has 106 valence electrons. The highest BCUT2D eigenvalue weighted by molar-refractivity contribution is 5.53. The number of aromatic hydroxyl groups is 1. The van der Waals surface area contributed by atoms with Crippen molar-refractivity contribution in [2.75, 3.05) is 20.2 Å². The second-order valence-corrected chi connectivity index (χ2v) is 4.61. The Kier molecular flexibility index (Phi) is 3.89. The Labute approximate surface area is 109 Å². The maximum absolute atomic E-state index is 12.8. The number of halogens is 3. The van der Waals surface area contributed by atoms with E-state index in [1.807, 2.05) is 0 Å². The summed E-state index contributed by atoms with van der Waals surface area (Å²) in [6.07, 6.45) is -2.94. The van der Waals surface area contributed by atoms with Crippen LogP contribution in [0, 0.1) is 0 Å². The number of rotatable bonds is 2. The van der Waals surface area contributed by atoms with E-state index in [0.717, 1.165) is 39.1 Å². The molecule has 0 atom stereocenters. The van der Waals surface area contributed by atoms with Gasteiger partial charge in [-0.1, -0.05) is 6.07 Å². The molecule has 0 aliphatic carbocycles. The molecule has 2 rings (SSSR count). The van der Waals surface area contributed by atoms with Gasteiger partial charge >= 0.3 is 6.18 Å². The van der Waals surface area contributed by atoms with Gasteiger partial charge in [0.1, 0.15) is 5.56 Å². The van der Waals surface area contributed by atoms with Gasteiger partial charge in [0.05, 0.1) is 7.11 Å². The van der Waals surface area contributed by atoms with Gasteiger partial charge in [0.25, 0.3) is 0 Å². The summed E-state index contributed by atoms with van der Waals surface area (Å²) in [5, 5.41) is 13.2. The number of phenols is 1. The normalized spacial score (nSPS) is 17.5. The Bertz CT molecular complexity index is 454. The molecule has 1 heterocycles. The van der Waals surface area contributed by atoms with Crippen molar-refractivity contribution in [3.05, 3.63) is 23.3 Å². The highest BCUT2D eigenvalue weighted by atomic mass is 19.4. The van der Waals surface area contributed by atoms with E-state index in [4.69, 9.17) is 4.74 Å². The fraction of sp³-hybridized carbons (Fsp3) is 0.538. The third-order valence-electron chi connectivity index (χ3n) is 3.45. The zero-order valence-electron chi connectivity index (χ0n) is 10.5. The fourth-order valence-corrected chi connectivity index (χ4v) is 2.48. The van der Waals surface area contributed by atoms with Crippen molar-refractivity contribution in [3.8, 4) is 11.5 Å². The number of hydrogen-bond donors (Lipinski definition) is 2. The fourth-order valence-electron chi connectivity index (χ4n) is 2.48. The van der Waals surface area contributed by atoms with Crippen LogP contribution in [0.3, 0.4) is 0 Å². The average molecular weight is 275 g/mol. The van der Waals surface area contributed by atoms with Crippen molar-refractivity contribution < 1.29 is 23.0 Å². The number of nitrogens with one attached hydrogen (secondary N) is 1. The summed E-state index contributed by atoms with van der Waals surface area (Å²) >= 11 is 0. The minimum atomic E-state index is -4.53. The van der Waals surface area contributed by atoms with Crippen LogP contribution in [-0.2, 0) is 6.18 Å². The van der Waals surface area contributed by atoms with E-state index >= 15 is 0 Å². The second kappa shape index (κ2) is 5.28. The van der Waals surface area contributed by atoms with E-state index in [-0.39, 0.29) is 11.7 Å². The van der Waals surface area contributed by atoms with Gasteiger partial charge in [-0.2, -0.15) is 13.2 Å². The molecule has 0 spiro atoms. The standard InChI is InChI=1S/C13H16F3NO2/c1-19-12-10(13(14,15)16)3-2-9(11(12)18)8-4-6-17-7-5-8/h2-3,8,17-18H,4-7H2,1H3. The summed E-state index contributed by atoms with van der Waals surface area (Å²) in [6, 6.07) is 2.34. The van der Waals surface area contributed by atoms with E-state index in [9.17, 15) is 18.3 Å². The van der Waals surface area contributed by atoms with Crippen LogP contribution in [0.4, 0.5) is 13.2 Å². The zero-order chi connectivity index (χ0) is 14.0. The van der Waals surface area contributed by atoms with Gasteiger partial charge in [0.15, 0.2) is 11.5 Å². The average Bonchev–Trinajstić information content (AvgIpc) is 2.38. The minimum absolute atomic E-state index is 0.0671. The van der Waals surface area contributed by atoms with Crippen LogP contribution in [0.1, 0.15) is 29.9 Å². The third-order valence-corrected chi connectivity index (χ3v) is 3.45. The van der Waals surface area contributed by atoms with E-state index < -0.39 is 17.5 Å². The van der Waals surface area contributed by atoms with Crippen LogP contribution in [-0.4, -0.2) is 25.3 Å². The molecule has 0 amide bonds. The summed E-state index contributed by atoms with van der Waals surface area (Å²) in [5.74, 6) is -0.801. The van der Waals surface area contributed by atoms with Crippen molar-refractivity contribution in [2.24, 2.45) is 0 Å². The number of piperidine rings is 1. The molecule has 0 aromatic heterocycles. The van der Waals surface area contributed by atoms with Crippen molar-refractivity contribution in [1.29, 1.82) is 0 Å². The van der Waals surface area contributed by atoms with Crippen LogP contribution in [0.5, 0.6) is 11.5 Å². The van der Waals surface area contributed by atoms with Gasteiger partial charge in [-0.15, -0.1) is 0 Å². The van der Waals surface area contributed by atoms with Gasteiger partial charge < -0.3 is 15.2 Å². The molecule has 1 aliphatic rings. The topological polar surface area (TPSA) is 41.5 Å². The lowest BCUT2D eigenvalue weighted by atomic mass is 9.88. The maximum Gasteiger partial charge on any atom is 0.420 e. The Hall–Kier alpha value is -1.43. The molecule has 0 bridgehead atoms. The van der Waals surface area contributed by atoms with Gasteiger partial charge in [-0.25, -0.2) is 0 Å². The quantitative estimate of drug-likeness (QED) is 0.872. The number of ether oxygens (including phenoxy) is 1. The van der Waals surface area contributed by atoms with Crippen LogP contribution >= 0.6 is 0 Å². The lowest BCUT2D eigenvalue weighted by Crippen LogP contribution is -2.26. The van der Waals surface area contributed by atoms with Crippen LogP contribution in [0.25, 0.3) is 0 Å². The molecule has 0 radical (unpaired) electrons. The van der Waals surface area contributed by atoms with Gasteiger partial charge in [0.2, 0.25) is 0 Å². The van der Waals surface area contributed by atoms with E-state index in [1.165, 1.54) is 6.07 Å². The van der Waals surface area contributed by atoms with Gasteiger partial charge in [-0.05, 0) is 37.9 Å². The Balaban J connectivity index is 2.42. The first-order valence-electron chi connectivity index (χ1n) is 6.13. The first-order chi connectivity index (χ1) is 8.95. The monoisotopic (exact) mass is 275 g/mol. The molecule has 1 fully saturated rings. The number of alkyl halides is 3. The molecule has 1 saturated heterocycles. The molecule has 3 nitrogen and oxygen atoms in total. The molecule has 19 heavy (non-hydrogen) atoms. The summed E-state index contributed by atoms with van der Waals surface area (Å²) in [7, 11) is 1.14. The van der Waals surface area contributed by atoms with Crippen LogP contribution in [0.2, 0.25) is 0 Å². The summed E-state index contributed by atoms with van der Waals surface area (Å²) in [6.45, 7) is 1.60. The molecular formula is C13H16F3NO2. The highest BCUT2D eigenvalue weighted by Crippen LogP contribution is 2.45. The first kappa shape index (κ1) is 14.0. The highest BCUT2D eigenvalue weighted by Gasteiger charge is 2.36. The SMILES string of the molecule is COc1c(C(F)(F)F)ccc(C2CCNCC2)c1O. The third kappa shape index (κ3) is 2.78. The van der Waals surface area contributed by atoms with E-state index in [0.29, 0.717) is 5.56 Å². The zero-order valence-corrected chi connectivity index (χ0v) is 10.5. The minimum Gasteiger partial charge on any atom is -0.504 e. The van der Waals surface area contributed by atoms with E-state index in [2.05, 4.69) is 5.32 Å². The lowest BCUT2D eigenvalue weighted by Gasteiger charge is -2.25. The number of hydrogen-bond acceptors (Lipinski definition) is 3. The van der Waals surface area contributed by atoms with Crippen molar-refractivity contribution in [2.45, 2.75) is 24.9 Å². The smallest absolute Gasteiger partial charge is 0.420 e. The number of methoxy groups -OCH3 is 1. The Morgan fingerprint density at radius 1 is 1.26 bits per heavy atom. The largest absolute Gasteiger partial charge is 0.504 e. The Morgan fingerprint density at radius 3 is 2.42 bits per heavy atom. The summed E-state index contributed by atoms with van der Waals surface area (Å²) in [5.41, 5.74) is -0.406. The van der Waals surface area contributed by atoms with Gasteiger partial charge in [0, 0.05) is 5.56 Å². The van der Waals surface area contributed by atoms with Crippen molar-refractivity contribution in [1.82, 2.24) is 5.32 Å². The molecular weight excluding hydrogens is 259 g/mol. The Morgan fingerprint density at radius 2 is 1.89 bits per heavy atom. The maximum atomic E-state index is 12.8. The van der Waals surface area contributed by atoms with E-state index in [1.54, 1.807) is 0 Å². The molecule has 2 N–H and O–H groups in total. The number of benzene rings is 1. The molecule has 6 heteroatoms. The first-order valence-corrected chi connectivity index (χ1v) is 6.13. The van der Waals surface area contributed by atoms with Crippen LogP contribution < -0.4 is 10.1 Å². The predicted molar refractivity (Wildman–Crippen MR) is 64.5 cm³/mol. The second-order valence-electron chi connectivity index (χ2n) is 4.61. The molecule has 1 aromatic carbocycles. The van der Waals surface area contributed by atoms with Crippen LogP contribution in [0.15, 0.2) is 12.1 Å². The van der Waals surface area contributed by atoms with Crippen molar-refractivity contribution >= 4 is 0 Å². The summed E-state index contributed by atoms with van der Waals surface area (Å²) in [4.78, 5) is 0. The molecule has 0 unspecified atom stereocenters. The summed E-state index contributed by atoms with van der Waals surface area (Å²) < 4.78 is 43.1. The lowest BCUT2D eigenvalue weighted by molar-refractivity contribution is -0.138. The molecule has 1 aliphatic heterocycles. The molecule has 0 saturated carbocycles. The van der Waals surface area contributed by atoms with Crippen molar-refractivity contribution in [3.63, 3.8) is 0 Å². The van der Waals surface area contributed by atoms with Gasteiger partial charge in [-0.3, -0.25) is 0 Å². The predicted octanol–water partition coefficient (Wildman–Crippen LogP) is 2.89.